The van der Waals surface area contributed by atoms with Crippen LogP contribution in [0.3, 0.4) is 0 Å². The Hall–Kier alpha value is -1.71. The van der Waals surface area contributed by atoms with E-state index in [4.69, 9.17) is 9.84 Å². The molecule has 8 heteroatoms. The summed E-state index contributed by atoms with van der Waals surface area (Å²) in [4.78, 5) is 11.8. The number of hydrogen-bond acceptors (Lipinski definition) is 7. The molecule has 0 aliphatic carbocycles. The molecular weight excluding hydrogens is 294 g/mol. The molecule has 22 heavy (non-hydrogen) atoms. The van der Waals surface area contributed by atoms with Gasteiger partial charge in [-0.3, -0.25) is 4.79 Å². The van der Waals surface area contributed by atoms with E-state index >= 15 is 0 Å². The van der Waals surface area contributed by atoms with Crippen LogP contribution in [0.1, 0.15) is 6.92 Å². The van der Waals surface area contributed by atoms with Crippen LogP contribution in [0.15, 0.2) is 24.3 Å². The Balaban J connectivity index is 2.63. The summed E-state index contributed by atoms with van der Waals surface area (Å²) in [6.07, 6.45) is -7.43. The van der Waals surface area contributed by atoms with Gasteiger partial charge in [-0.2, -0.15) is 0 Å². The van der Waals surface area contributed by atoms with Crippen molar-refractivity contribution < 1.29 is 35.1 Å². The first-order valence-electron chi connectivity index (χ1n) is 6.77. The number of aliphatic hydroxyl groups is 5. The van der Waals surface area contributed by atoms with Gasteiger partial charge in [0, 0.05) is 5.69 Å². The van der Waals surface area contributed by atoms with Crippen LogP contribution >= 0.6 is 0 Å². The smallest absolute Gasteiger partial charge is 0.256 e. The van der Waals surface area contributed by atoms with Crippen molar-refractivity contribution in [2.24, 2.45) is 0 Å². The maximum atomic E-state index is 11.8. The lowest BCUT2D eigenvalue weighted by atomic mass is 10.0. The Morgan fingerprint density at radius 2 is 1.73 bits per heavy atom. The molecule has 4 atom stereocenters. The largest absolute Gasteiger partial charge is 0.494 e. The number of nitrogens with one attached hydrogen (secondary N) is 1. The molecule has 0 unspecified atom stereocenters. The number of hydrogen-bond donors (Lipinski definition) is 6. The van der Waals surface area contributed by atoms with Gasteiger partial charge in [0.15, 0.2) is 6.10 Å². The summed E-state index contributed by atoms with van der Waals surface area (Å²) in [7, 11) is 0. The fraction of sp³-hybridized carbons (Fsp3) is 0.500. The van der Waals surface area contributed by atoms with E-state index in [1.54, 1.807) is 24.3 Å². The van der Waals surface area contributed by atoms with Crippen LogP contribution in [-0.4, -0.2) is 69.1 Å². The number of rotatable bonds is 8. The van der Waals surface area contributed by atoms with Gasteiger partial charge in [0.2, 0.25) is 0 Å². The number of amides is 1. The van der Waals surface area contributed by atoms with E-state index in [0.29, 0.717) is 18.0 Å². The van der Waals surface area contributed by atoms with Crippen molar-refractivity contribution in [3.63, 3.8) is 0 Å². The van der Waals surface area contributed by atoms with Crippen LogP contribution < -0.4 is 10.1 Å². The van der Waals surface area contributed by atoms with Crippen molar-refractivity contribution in [1.82, 2.24) is 0 Å². The van der Waals surface area contributed by atoms with Crippen molar-refractivity contribution in [3.05, 3.63) is 24.3 Å². The predicted molar refractivity (Wildman–Crippen MR) is 77.4 cm³/mol. The van der Waals surface area contributed by atoms with Crippen molar-refractivity contribution >= 4 is 11.6 Å². The van der Waals surface area contributed by atoms with Crippen molar-refractivity contribution in [2.45, 2.75) is 31.3 Å². The summed E-state index contributed by atoms with van der Waals surface area (Å²) in [5, 5.41) is 48.9. The molecule has 1 aromatic rings. The topological polar surface area (TPSA) is 139 Å². The molecule has 0 spiro atoms. The third kappa shape index (κ3) is 4.93. The summed E-state index contributed by atoms with van der Waals surface area (Å²) in [5.41, 5.74) is 0.358. The number of aliphatic hydroxyl groups excluding tert-OH is 5. The Morgan fingerprint density at radius 3 is 2.23 bits per heavy atom. The molecule has 0 heterocycles. The molecule has 0 aliphatic rings. The Labute approximate surface area is 127 Å². The maximum absolute atomic E-state index is 11.8. The van der Waals surface area contributed by atoms with Crippen molar-refractivity contribution in [3.8, 4) is 5.75 Å². The van der Waals surface area contributed by atoms with Crippen LogP contribution in [0.25, 0.3) is 0 Å². The molecule has 1 amide bonds. The zero-order chi connectivity index (χ0) is 16.7. The second-order valence-electron chi connectivity index (χ2n) is 4.62. The molecule has 1 aromatic carbocycles. The van der Waals surface area contributed by atoms with Gasteiger partial charge in [0.05, 0.1) is 13.2 Å². The van der Waals surface area contributed by atoms with Gasteiger partial charge < -0.3 is 35.6 Å². The first-order valence-corrected chi connectivity index (χ1v) is 6.77. The lowest BCUT2D eigenvalue weighted by Crippen LogP contribution is -2.50. The van der Waals surface area contributed by atoms with Crippen molar-refractivity contribution in [2.75, 3.05) is 18.5 Å². The Morgan fingerprint density at radius 1 is 1.14 bits per heavy atom. The Kier molecular flexibility index (Phi) is 7.22. The fourth-order valence-electron chi connectivity index (χ4n) is 1.69. The van der Waals surface area contributed by atoms with Crippen LogP contribution in [0.2, 0.25) is 0 Å². The molecule has 0 fully saturated rings. The average molecular weight is 315 g/mol. The van der Waals surface area contributed by atoms with Crippen molar-refractivity contribution in [1.29, 1.82) is 0 Å². The van der Waals surface area contributed by atoms with E-state index in [2.05, 4.69) is 5.32 Å². The molecule has 8 nitrogen and oxygen atoms in total. The number of carbonyl (C=O) groups is 1. The number of anilines is 1. The number of ether oxygens (including phenoxy) is 1. The minimum atomic E-state index is -1.97. The second kappa shape index (κ2) is 8.66. The highest BCUT2D eigenvalue weighted by Crippen LogP contribution is 2.16. The summed E-state index contributed by atoms with van der Waals surface area (Å²) in [6, 6.07) is 6.32. The second-order valence-corrected chi connectivity index (χ2v) is 4.62. The third-order valence-electron chi connectivity index (χ3n) is 2.96. The lowest BCUT2D eigenvalue weighted by Gasteiger charge is -2.24. The molecule has 0 saturated heterocycles. The fourth-order valence-corrected chi connectivity index (χ4v) is 1.69. The molecule has 0 aliphatic heterocycles. The standard InChI is InChI=1S/C14H21NO7/c1-2-22-9-5-3-8(4-6-9)15-14(21)13(20)12(19)11(18)10(17)7-16/h3-6,10-13,16-20H,2,7H2,1H3,(H,15,21)/t10-,11+,12-,13-/m0/s1. The van der Waals surface area contributed by atoms with Gasteiger partial charge in [0.25, 0.3) is 5.91 Å². The molecule has 0 saturated carbocycles. The average Bonchev–Trinajstić information content (AvgIpc) is 2.53. The summed E-state index contributed by atoms with van der Waals surface area (Å²) in [5.74, 6) is -0.344. The van der Waals surface area contributed by atoms with Gasteiger partial charge >= 0.3 is 0 Å². The highest BCUT2D eigenvalue weighted by Gasteiger charge is 2.34. The molecule has 6 N–H and O–H groups in total. The van der Waals surface area contributed by atoms with E-state index < -0.39 is 36.9 Å². The summed E-state index contributed by atoms with van der Waals surface area (Å²) in [6.45, 7) is 1.52. The number of benzene rings is 1. The van der Waals surface area contributed by atoms with Gasteiger partial charge in [-0.1, -0.05) is 0 Å². The SMILES string of the molecule is CCOc1ccc(NC(=O)[C@@H](O)[C@@H](O)[C@H](O)[C@@H](O)CO)cc1. The molecular formula is C14H21NO7. The predicted octanol–water partition coefficient (Wildman–Crippen LogP) is -1.54. The first-order chi connectivity index (χ1) is 10.4. The monoisotopic (exact) mass is 315 g/mol. The van der Waals surface area contributed by atoms with Crippen LogP contribution in [0.5, 0.6) is 5.75 Å². The summed E-state index contributed by atoms with van der Waals surface area (Å²) < 4.78 is 5.24. The van der Waals surface area contributed by atoms with E-state index in [9.17, 15) is 25.2 Å². The van der Waals surface area contributed by atoms with E-state index in [1.165, 1.54) is 0 Å². The minimum Gasteiger partial charge on any atom is -0.494 e. The molecule has 0 radical (unpaired) electrons. The van der Waals surface area contributed by atoms with Gasteiger partial charge in [0.1, 0.15) is 24.1 Å². The van der Waals surface area contributed by atoms with Gasteiger partial charge in [-0.05, 0) is 31.2 Å². The van der Waals surface area contributed by atoms with Gasteiger partial charge in [-0.15, -0.1) is 0 Å². The zero-order valence-corrected chi connectivity index (χ0v) is 12.1. The highest BCUT2D eigenvalue weighted by atomic mass is 16.5. The van der Waals surface area contributed by atoms with E-state index in [1.807, 2.05) is 6.92 Å². The van der Waals surface area contributed by atoms with Gasteiger partial charge in [-0.25, -0.2) is 0 Å². The van der Waals surface area contributed by atoms with E-state index in [0.717, 1.165) is 0 Å². The Bertz CT molecular complexity index is 465. The summed E-state index contributed by atoms with van der Waals surface area (Å²) >= 11 is 0. The normalized spacial score (nSPS) is 16.5. The highest BCUT2D eigenvalue weighted by molar-refractivity contribution is 5.94. The molecule has 0 aromatic heterocycles. The zero-order valence-electron chi connectivity index (χ0n) is 12.1. The minimum absolute atomic E-state index is 0.358. The maximum Gasteiger partial charge on any atom is 0.256 e. The van der Waals surface area contributed by atoms with Crippen LogP contribution in [-0.2, 0) is 4.79 Å². The quantitative estimate of drug-likeness (QED) is 0.342. The third-order valence-corrected chi connectivity index (χ3v) is 2.96. The lowest BCUT2D eigenvalue weighted by molar-refractivity contribution is -0.144. The molecule has 1 rings (SSSR count). The first kappa shape index (κ1) is 18.3. The van der Waals surface area contributed by atoms with E-state index in [-0.39, 0.29) is 0 Å². The number of carbonyl (C=O) groups excluding carboxylic acids is 1. The van der Waals surface area contributed by atoms with Crippen LogP contribution in [0, 0.1) is 0 Å². The molecule has 0 bridgehead atoms. The van der Waals surface area contributed by atoms with Crippen LogP contribution in [0.4, 0.5) is 5.69 Å². The molecule has 124 valence electrons.